The summed E-state index contributed by atoms with van der Waals surface area (Å²) in [7, 11) is 0. The summed E-state index contributed by atoms with van der Waals surface area (Å²) in [6, 6.07) is 0. The Morgan fingerprint density at radius 1 is 1.42 bits per heavy atom. The summed E-state index contributed by atoms with van der Waals surface area (Å²) in [4.78, 5) is 10.6. The lowest BCUT2D eigenvalue weighted by molar-refractivity contribution is -0.133. The molecule has 0 spiro atoms. The molecule has 19 heavy (non-hydrogen) atoms. The highest BCUT2D eigenvalue weighted by Gasteiger charge is 2.29. The second-order valence-electron chi connectivity index (χ2n) is 5.48. The third-order valence-electron chi connectivity index (χ3n) is 3.67. The maximum absolute atomic E-state index is 10.6. The second-order valence-corrected chi connectivity index (χ2v) is 6.42. The van der Waals surface area contributed by atoms with E-state index in [1.807, 2.05) is 4.57 Å². The van der Waals surface area contributed by atoms with Gasteiger partial charge in [0.25, 0.3) is 0 Å². The molecule has 6 nitrogen and oxygen atoms in total. The van der Waals surface area contributed by atoms with Crippen molar-refractivity contribution >= 4 is 23.7 Å². The average Bonchev–Trinajstić information content (AvgIpc) is 2.69. The fraction of sp³-hybridized carbons (Fsp3) is 0.750. The van der Waals surface area contributed by atoms with Crippen molar-refractivity contribution in [2.75, 3.05) is 11.5 Å². The van der Waals surface area contributed by atoms with E-state index in [4.69, 9.17) is 10.8 Å². The lowest BCUT2D eigenvalue weighted by atomic mass is 9.76. The first-order valence-corrected chi connectivity index (χ1v) is 7.52. The third kappa shape index (κ3) is 3.62. The van der Waals surface area contributed by atoms with Gasteiger partial charge in [-0.2, -0.15) is 0 Å². The quantitative estimate of drug-likeness (QED) is 0.803. The van der Waals surface area contributed by atoms with Gasteiger partial charge in [0.05, 0.1) is 5.75 Å². The van der Waals surface area contributed by atoms with Gasteiger partial charge in [-0.25, -0.2) is 0 Å². The third-order valence-corrected chi connectivity index (χ3v) is 4.62. The fourth-order valence-electron chi connectivity index (χ4n) is 2.63. The lowest BCUT2D eigenvalue weighted by Gasteiger charge is -2.34. The number of nitrogens with two attached hydrogens (primary N) is 1. The minimum atomic E-state index is -0.859. The molecule has 0 aliphatic heterocycles. The van der Waals surface area contributed by atoms with Gasteiger partial charge in [0.15, 0.2) is 5.16 Å². The molecule has 0 atom stereocenters. The van der Waals surface area contributed by atoms with E-state index in [-0.39, 0.29) is 11.2 Å². The summed E-state index contributed by atoms with van der Waals surface area (Å²) in [6.07, 6.45) is 6.14. The number of carboxylic acid groups (broad SMARTS) is 1. The number of thioether (sulfide) groups is 1. The summed E-state index contributed by atoms with van der Waals surface area (Å²) in [5, 5.41) is 17.2. The predicted octanol–water partition coefficient (Wildman–Crippen LogP) is 2.01. The van der Waals surface area contributed by atoms with Gasteiger partial charge in [0.1, 0.15) is 0 Å². The van der Waals surface area contributed by atoms with Crippen molar-refractivity contribution in [3.8, 4) is 0 Å². The minimum Gasteiger partial charge on any atom is -0.481 e. The Kier molecular flexibility index (Phi) is 4.34. The molecule has 1 aromatic heterocycles. The molecular formula is C12H20N4O2S. The first kappa shape index (κ1) is 14.2. The van der Waals surface area contributed by atoms with Crippen LogP contribution in [-0.2, 0) is 11.3 Å². The number of nitrogen functional groups attached to an aromatic ring is 1. The molecule has 1 saturated carbocycles. The van der Waals surface area contributed by atoms with Gasteiger partial charge in [-0.3, -0.25) is 9.36 Å². The van der Waals surface area contributed by atoms with Crippen molar-refractivity contribution in [1.82, 2.24) is 14.8 Å². The number of rotatable bonds is 5. The molecule has 1 heterocycles. The molecule has 3 N–H and O–H groups in total. The predicted molar refractivity (Wildman–Crippen MR) is 74.0 cm³/mol. The molecule has 0 unspecified atom stereocenters. The van der Waals surface area contributed by atoms with Crippen LogP contribution in [0, 0.1) is 5.41 Å². The Morgan fingerprint density at radius 2 is 2.11 bits per heavy atom. The van der Waals surface area contributed by atoms with E-state index in [0.717, 1.165) is 6.54 Å². The van der Waals surface area contributed by atoms with Crippen LogP contribution in [0.2, 0.25) is 0 Å². The highest BCUT2D eigenvalue weighted by atomic mass is 32.2. The van der Waals surface area contributed by atoms with Crippen LogP contribution in [0.1, 0.15) is 39.0 Å². The summed E-state index contributed by atoms with van der Waals surface area (Å²) < 4.78 is 1.86. The first-order chi connectivity index (χ1) is 9.00. The van der Waals surface area contributed by atoms with Crippen LogP contribution < -0.4 is 5.73 Å². The molecule has 1 aliphatic carbocycles. The molecule has 1 aliphatic rings. The maximum atomic E-state index is 10.6. The summed E-state index contributed by atoms with van der Waals surface area (Å²) in [5.74, 6) is -0.504. The van der Waals surface area contributed by atoms with E-state index < -0.39 is 5.97 Å². The standard InChI is InChI=1S/C12H20N4O2S/c1-12(5-3-2-4-6-12)8-16-10(13)14-15-11(16)19-7-9(17)18/h2-8H2,1H3,(H2,13,14)(H,17,18). The van der Waals surface area contributed by atoms with E-state index in [1.165, 1.54) is 43.9 Å². The first-order valence-electron chi connectivity index (χ1n) is 6.53. The average molecular weight is 284 g/mol. The largest absolute Gasteiger partial charge is 0.481 e. The summed E-state index contributed by atoms with van der Waals surface area (Å²) >= 11 is 1.17. The van der Waals surface area contributed by atoms with Crippen molar-refractivity contribution < 1.29 is 9.90 Å². The smallest absolute Gasteiger partial charge is 0.313 e. The zero-order valence-corrected chi connectivity index (χ0v) is 11.9. The molecule has 106 valence electrons. The number of carbonyl (C=O) groups is 1. The van der Waals surface area contributed by atoms with E-state index in [2.05, 4.69) is 17.1 Å². The van der Waals surface area contributed by atoms with Crippen LogP contribution in [0.15, 0.2) is 5.16 Å². The van der Waals surface area contributed by atoms with E-state index in [0.29, 0.717) is 11.1 Å². The van der Waals surface area contributed by atoms with Crippen molar-refractivity contribution in [1.29, 1.82) is 0 Å². The van der Waals surface area contributed by atoms with Gasteiger partial charge in [-0.15, -0.1) is 10.2 Å². The SMILES string of the molecule is CC1(Cn2c(N)nnc2SCC(=O)O)CCCCC1. The van der Waals surface area contributed by atoms with Crippen LogP contribution in [-0.4, -0.2) is 31.6 Å². The van der Waals surface area contributed by atoms with Crippen molar-refractivity contribution in [3.05, 3.63) is 0 Å². The van der Waals surface area contributed by atoms with Crippen LogP contribution in [0.3, 0.4) is 0 Å². The summed E-state index contributed by atoms with van der Waals surface area (Å²) in [6.45, 7) is 3.03. The summed E-state index contributed by atoms with van der Waals surface area (Å²) in [5.41, 5.74) is 6.07. The molecule has 1 fully saturated rings. The zero-order valence-electron chi connectivity index (χ0n) is 11.1. The molecule has 0 amide bonds. The van der Waals surface area contributed by atoms with Crippen molar-refractivity contribution in [3.63, 3.8) is 0 Å². The van der Waals surface area contributed by atoms with Crippen LogP contribution in [0.5, 0.6) is 0 Å². The van der Waals surface area contributed by atoms with Crippen molar-refractivity contribution in [2.24, 2.45) is 5.41 Å². The molecular weight excluding hydrogens is 264 g/mol. The Balaban J connectivity index is 2.10. The second kappa shape index (κ2) is 5.81. The van der Waals surface area contributed by atoms with Gasteiger partial charge in [-0.1, -0.05) is 37.9 Å². The molecule has 0 saturated heterocycles. The van der Waals surface area contributed by atoms with Gasteiger partial charge >= 0.3 is 5.97 Å². The Bertz CT molecular complexity index is 455. The molecule has 1 aromatic rings. The number of carboxylic acids is 1. The fourth-order valence-corrected chi connectivity index (χ4v) is 3.29. The molecule has 0 aromatic carbocycles. The normalized spacial score (nSPS) is 18.4. The molecule has 0 radical (unpaired) electrons. The Morgan fingerprint density at radius 3 is 2.74 bits per heavy atom. The van der Waals surface area contributed by atoms with Gasteiger partial charge in [0, 0.05) is 6.54 Å². The number of anilines is 1. The number of hydrogen-bond acceptors (Lipinski definition) is 5. The van der Waals surface area contributed by atoms with Crippen LogP contribution in [0.4, 0.5) is 5.95 Å². The maximum Gasteiger partial charge on any atom is 0.313 e. The number of hydrogen-bond donors (Lipinski definition) is 2. The highest BCUT2D eigenvalue weighted by molar-refractivity contribution is 7.99. The number of aromatic nitrogens is 3. The van der Waals surface area contributed by atoms with E-state index in [9.17, 15) is 4.79 Å². The van der Waals surface area contributed by atoms with Crippen LogP contribution in [0.25, 0.3) is 0 Å². The molecule has 2 rings (SSSR count). The van der Waals surface area contributed by atoms with Gasteiger partial charge in [0.2, 0.25) is 5.95 Å². The van der Waals surface area contributed by atoms with Gasteiger partial charge in [-0.05, 0) is 18.3 Å². The topological polar surface area (TPSA) is 94.0 Å². The monoisotopic (exact) mass is 284 g/mol. The van der Waals surface area contributed by atoms with Gasteiger partial charge < -0.3 is 10.8 Å². The zero-order chi connectivity index (χ0) is 13.9. The van der Waals surface area contributed by atoms with Crippen molar-refractivity contribution in [2.45, 2.75) is 50.7 Å². The molecule has 0 bridgehead atoms. The number of aliphatic carboxylic acids is 1. The van der Waals surface area contributed by atoms with E-state index in [1.54, 1.807) is 0 Å². The lowest BCUT2D eigenvalue weighted by Crippen LogP contribution is -2.27. The Hall–Kier alpha value is -1.24. The highest BCUT2D eigenvalue weighted by Crippen LogP contribution is 2.38. The minimum absolute atomic E-state index is 0.0190. The Labute approximate surface area is 116 Å². The van der Waals surface area contributed by atoms with E-state index >= 15 is 0 Å². The molecule has 7 heteroatoms. The van der Waals surface area contributed by atoms with Crippen LogP contribution >= 0.6 is 11.8 Å². The number of nitrogens with zero attached hydrogens (tertiary/aromatic N) is 3.